The lowest BCUT2D eigenvalue weighted by Gasteiger charge is -2.15. The van der Waals surface area contributed by atoms with Gasteiger partial charge in [-0.3, -0.25) is 4.90 Å². The Morgan fingerprint density at radius 1 is 0.857 bits per heavy atom. The fourth-order valence-corrected chi connectivity index (χ4v) is 2.79. The lowest BCUT2D eigenvalue weighted by Crippen LogP contribution is -2.17. The summed E-state index contributed by atoms with van der Waals surface area (Å²) in [6.07, 6.45) is 4.01. The van der Waals surface area contributed by atoms with E-state index in [-0.39, 0.29) is 0 Å². The molecular formula is C26H25NO. The van der Waals surface area contributed by atoms with E-state index in [0.717, 1.165) is 24.4 Å². The molecule has 0 aliphatic rings. The van der Waals surface area contributed by atoms with Gasteiger partial charge in [0.25, 0.3) is 0 Å². The van der Waals surface area contributed by atoms with Gasteiger partial charge >= 0.3 is 0 Å². The number of nitrogens with zero attached hydrogens (tertiary/aromatic N) is 1. The first-order valence-electron chi connectivity index (χ1n) is 9.45. The third-order valence-corrected chi connectivity index (χ3v) is 4.21. The zero-order valence-electron chi connectivity index (χ0n) is 16.2. The summed E-state index contributed by atoms with van der Waals surface area (Å²) >= 11 is 0. The molecule has 0 heterocycles. The quantitative estimate of drug-likeness (QED) is 0.525. The van der Waals surface area contributed by atoms with Crippen molar-refractivity contribution in [2.45, 2.75) is 13.2 Å². The number of hydrogen-bond donors (Lipinski definition) is 0. The van der Waals surface area contributed by atoms with Gasteiger partial charge in [-0.25, -0.2) is 0 Å². The van der Waals surface area contributed by atoms with Gasteiger partial charge in [-0.15, -0.1) is 0 Å². The second-order valence-corrected chi connectivity index (χ2v) is 6.66. The molecule has 0 aromatic heterocycles. The van der Waals surface area contributed by atoms with Crippen LogP contribution in [-0.2, 0) is 13.2 Å². The highest BCUT2D eigenvalue weighted by Crippen LogP contribution is 2.16. The van der Waals surface area contributed by atoms with Crippen molar-refractivity contribution < 1.29 is 4.74 Å². The van der Waals surface area contributed by atoms with Gasteiger partial charge in [0.1, 0.15) is 12.4 Å². The van der Waals surface area contributed by atoms with Crippen LogP contribution in [0.15, 0.2) is 97.1 Å². The van der Waals surface area contributed by atoms with Gasteiger partial charge in [-0.05, 0) is 48.5 Å². The van der Waals surface area contributed by atoms with E-state index in [1.165, 1.54) is 11.1 Å². The van der Waals surface area contributed by atoms with Crippen LogP contribution in [0.5, 0.6) is 5.75 Å². The molecule has 2 heteroatoms. The van der Waals surface area contributed by atoms with Crippen LogP contribution >= 0.6 is 0 Å². The van der Waals surface area contributed by atoms with Crippen LogP contribution in [0.25, 0.3) is 0 Å². The number of hydrogen-bond acceptors (Lipinski definition) is 2. The molecule has 0 atom stereocenters. The Morgan fingerprint density at radius 2 is 1.57 bits per heavy atom. The molecule has 3 aromatic rings. The number of ether oxygens (including phenoxy) is 1. The molecule has 0 unspecified atom stereocenters. The summed E-state index contributed by atoms with van der Waals surface area (Å²) in [4.78, 5) is 2.25. The molecule has 0 saturated heterocycles. The summed E-state index contributed by atoms with van der Waals surface area (Å²) in [5.74, 6) is 7.12. The predicted octanol–water partition coefficient (Wildman–Crippen LogP) is 5.31. The van der Waals surface area contributed by atoms with E-state index in [9.17, 15) is 0 Å². The second-order valence-electron chi connectivity index (χ2n) is 6.66. The summed E-state index contributed by atoms with van der Waals surface area (Å²) in [6, 6.07) is 28.5. The van der Waals surface area contributed by atoms with E-state index < -0.39 is 0 Å². The van der Waals surface area contributed by atoms with Gasteiger partial charge in [-0.2, -0.15) is 0 Å². The Labute approximate surface area is 168 Å². The minimum absolute atomic E-state index is 0.586. The minimum Gasteiger partial charge on any atom is -0.489 e. The van der Waals surface area contributed by atoms with E-state index in [1.807, 2.05) is 66.7 Å². The van der Waals surface area contributed by atoms with Crippen LogP contribution in [0.3, 0.4) is 0 Å². The topological polar surface area (TPSA) is 12.5 Å². The summed E-state index contributed by atoms with van der Waals surface area (Å²) < 4.78 is 5.92. The molecule has 140 valence electrons. The largest absolute Gasteiger partial charge is 0.489 e. The summed E-state index contributed by atoms with van der Waals surface area (Å²) in [5, 5.41) is 0. The Bertz CT molecular complexity index is 936. The van der Waals surface area contributed by atoms with Crippen molar-refractivity contribution in [3.63, 3.8) is 0 Å². The van der Waals surface area contributed by atoms with E-state index in [0.29, 0.717) is 6.61 Å². The summed E-state index contributed by atoms with van der Waals surface area (Å²) in [7, 11) is 2.10. The molecule has 0 N–H and O–H groups in total. The standard InChI is InChI=1S/C26H25NO/c1-27(19-10-4-9-14-23-12-5-2-6-13-23)21-25-17-11-18-26(20-25)28-22-24-15-7-3-8-16-24/h2-8,10-13,15-18,20H,19,21-22H2,1H3/b10-4-. The molecule has 3 rings (SSSR count). The third kappa shape index (κ3) is 6.79. The summed E-state index contributed by atoms with van der Waals surface area (Å²) in [6.45, 7) is 2.29. The molecule has 0 aliphatic carbocycles. The highest BCUT2D eigenvalue weighted by molar-refractivity contribution is 5.36. The van der Waals surface area contributed by atoms with Crippen LogP contribution < -0.4 is 4.74 Å². The SMILES string of the molecule is CN(C/C=C\C#Cc1ccccc1)Cc1cccc(OCc2ccccc2)c1. The average molecular weight is 367 g/mol. The van der Waals surface area contributed by atoms with Crippen LogP contribution in [0.4, 0.5) is 0 Å². The maximum Gasteiger partial charge on any atom is 0.120 e. The molecular weight excluding hydrogens is 342 g/mol. The molecule has 0 amide bonds. The van der Waals surface area contributed by atoms with Gasteiger partial charge in [0.2, 0.25) is 0 Å². The fraction of sp³-hybridized carbons (Fsp3) is 0.154. The maximum absolute atomic E-state index is 5.92. The number of allylic oxidation sites excluding steroid dienone is 1. The average Bonchev–Trinajstić information content (AvgIpc) is 2.74. The van der Waals surface area contributed by atoms with E-state index in [4.69, 9.17) is 4.74 Å². The normalized spacial score (nSPS) is 10.6. The van der Waals surface area contributed by atoms with Crippen molar-refractivity contribution in [2.75, 3.05) is 13.6 Å². The maximum atomic E-state index is 5.92. The van der Waals surface area contributed by atoms with Gasteiger partial charge in [-0.1, -0.05) is 78.6 Å². The molecule has 0 bridgehead atoms. The molecule has 0 spiro atoms. The number of rotatable bonds is 7. The number of benzene rings is 3. The van der Waals surface area contributed by atoms with Crippen molar-refractivity contribution in [1.82, 2.24) is 4.90 Å². The van der Waals surface area contributed by atoms with E-state index >= 15 is 0 Å². The van der Waals surface area contributed by atoms with Crippen molar-refractivity contribution >= 4 is 0 Å². The Balaban J connectivity index is 1.46. The van der Waals surface area contributed by atoms with E-state index in [2.05, 4.69) is 54.1 Å². The molecule has 0 saturated carbocycles. The van der Waals surface area contributed by atoms with Crippen LogP contribution in [0, 0.1) is 11.8 Å². The van der Waals surface area contributed by atoms with Crippen molar-refractivity contribution in [2.24, 2.45) is 0 Å². The zero-order valence-corrected chi connectivity index (χ0v) is 16.2. The number of likely N-dealkylation sites (N-methyl/N-ethyl adjacent to an activating group) is 1. The van der Waals surface area contributed by atoms with Gasteiger partial charge < -0.3 is 4.74 Å². The molecule has 0 aliphatic heterocycles. The van der Waals surface area contributed by atoms with Gasteiger partial charge in [0.15, 0.2) is 0 Å². The lowest BCUT2D eigenvalue weighted by molar-refractivity contribution is 0.304. The second kappa shape index (κ2) is 10.8. The minimum atomic E-state index is 0.586. The highest BCUT2D eigenvalue weighted by atomic mass is 16.5. The van der Waals surface area contributed by atoms with Gasteiger partial charge in [0.05, 0.1) is 0 Å². The smallest absolute Gasteiger partial charge is 0.120 e. The molecule has 0 radical (unpaired) electrons. The zero-order chi connectivity index (χ0) is 19.4. The molecule has 0 fully saturated rings. The van der Waals surface area contributed by atoms with Crippen molar-refractivity contribution in [3.8, 4) is 17.6 Å². The lowest BCUT2D eigenvalue weighted by atomic mass is 10.2. The predicted molar refractivity (Wildman–Crippen MR) is 116 cm³/mol. The Morgan fingerprint density at radius 3 is 2.36 bits per heavy atom. The first-order chi connectivity index (χ1) is 13.8. The Kier molecular flexibility index (Phi) is 7.49. The third-order valence-electron chi connectivity index (χ3n) is 4.21. The van der Waals surface area contributed by atoms with Gasteiger partial charge in [0, 0.05) is 18.7 Å². The molecule has 3 aromatic carbocycles. The first kappa shape index (κ1) is 19.5. The monoisotopic (exact) mass is 367 g/mol. The highest BCUT2D eigenvalue weighted by Gasteiger charge is 2.01. The first-order valence-corrected chi connectivity index (χ1v) is 9.45. The van der Waals surface area contributed by atoms with Crippen LogP contribution in [0.2, 0.25) is 0 Å². The fourth-order valence-electron chi connectivity index (χ4n) is 2.79. The van der Waals surface area contributed by atoms with Crippen LogP contribution in [0.1, 0.15) is 16.7 Å². The van der Waals surface area contributed by atoms with Crippen LogP contribution in [-0.4, -0.2) is 18.5 Å². The Hall–Kier alpha value is -3.28. The molecule has 28 heavy (non-hydrogen) atoms. The molecule has 2 nitrogen and oxygen atoms in total. The van der Waals surface area contributed by atoms with E-state index in [1.54, 1.807) is 0 Å². The summed E-state index contributed by atoms with van der Waals surface area (Å²) in [5.41, 5.74) is 3.44. The van der Waals surface area contributed by atoms with Crippen molar-refractivity contribution in [1.29, 1.82) is 0 Å². The van der Waals surface area contributed by atoms with Crippen molar-refractivity contribution in [3.05, 3.63) is 114 Å².